The first-order valence-corrected chi connectivity index (χ1v) is 10.6. The Morgan fingerprint density at radius 1 is 0.903 bits per heavy atom. The summed E-state index contributed by atoms with van der Waals surface area (Å²) in [4.78, 5) is 9.35. The fourth-order valence-corrected chi connectivity index (χ4v) is 4.24. The number of nitrogens with zero attached hydrogens (tertiary/aromatic N) is 4. The molecule has 0 aliphatic carbocycles. The predicted octanol–water partition coefficient (Wildman–Crippen LogP) is 4.87. The summed E-state index contributed by atoms with van der Waals surface area (Å²) in [7, 11) is 4.17. The van der Waals surface area contributed by atoms with Gasteiger partial charge in [-0.1, -0.05) is 12.1 Å². The van der Waals surface area contributed by atoms with E-state index in [2.05, 4.69) is 62.0 Å². The Bertz CT molecular complexity index is 1210. The Kier molecular flexibility index (Phi) is 5.08. The van der Waals surface area contributed by atoms with E-state index in [1.807, 2.05) is 19.2 Å². The van der Waals surface area contributed by atoms with Crippen LogP contribution in [0.2, 0.25) is 0 Å². The summed E-state index contributed by atoms with van der Waals surface area (Å²) in [5, 5.41) is 4.47. The van der Waals surface area contributed by atoms with Gasteiger partial charge in [0.25, 0.3) is 0 Å². The van der Waals surface area contributed by atoms with Crippen molar-refractivity contribution in [1.29, 1.82) is 0 Å². The molecule has 1 saturated heterocycles. The van der Waals surface area contributed by atoms with Crippen LogP contribution in [0.15, 0.2) is 66.9 Å². The predicted molar refractivity (Wildman–Crippen MR) is 126 cm³/mol. The Morgan fingerprint density at radius 2 is 1.68 bits per heavy atom. The van der Waals surface area contributed by atoms with E-state index in [4.69, 9.17) is 0 Å². The number of nitrogens with one attached hydrogen (secondary N) is 1. The zero-order valence-electron chi connectivity index (χ0n) is 17.8. The molecule has 3 heterocycles. The number of pyridine rings is 1. The lowest BCUT2D eigenvalue weighted by atomic mass is 10.1. The van der Waals surface area contributed by atoms with Crippen LogP contribution < -0.4 is 10.2 Å². The quantitative estimate of drug-likeness (QED) is 0.516. The minimum atomic E-state index is -0.236. The van der Waals surface area contributed by atoms with Crippen LogP contribution in [0.25, 0.3) is 22.2 Å². The summed E-state index contributed by atoms with van der Waals surface area (Å²) in [6.45, 7) is 4.29. The number of likely N-dealkylation sites (N-methyl/N-ethyl adjacent to an activating group) is 1. The normalized spacial score (nSPS) is 14.9. The number of rotatable bonds is 4. The molecule has 1 aliphatic heterocycles. The summed E-state index contributed by atoms with van der Waals surface area (Å²) >= 11 is 0. The number of hydrogen-bond acceptors (Lipinski definition) is 4. The fraction of sp³-hybridized carbons (Fsp3) is 0.240. The Hall–Kier alpha value is -3.38. The zero-order chi connectivity index (χ0) is 21.4. The van der Waals surface area contributed by atoms with Crippen molar-refractivity contribution in [2.75, 3.05) is 43.4 Å². The van der Waals surface area contributed by atoms with Gasteiger partial charge in [-0.25, -0.2) is 9.37 Å². The van der Waals surface area contributed by atoms with Crippen LogP contribution in [0.3, 0.4) is 0 Å². The van der Waals surface area contributed by atoms with Gasteiger partial charge in [0, 0.05) is 67.4 Å². The summed E-state index contributed by atoms with van der Waals surface area (Å²) in [6, 6.07) is 19.3. The first kappa shape index (κ1) is 19.6. The van der Waals surface area contributed by atoms with Crippen molar-refractivity contribution in [3.8, 4) is 11.3 Å². The minimum Gasteiger partial charge on any atom is -0.369 e. The molecule has 5 nitrogen and oxygen atoms in total. The smallest absolute Gasteiger partial charge is 0.139 e. The number of fused-ring (bicyclic) bond motifs is 1. The van der Waals surface area contributed by atoms with E-state index in [9.17, 15) is 4.39 Å². The number of hydrogen-bond donors (Lipinski definition) is 1. The molecule has 2 aromatic heterocycles. The van der Waals surface area contributed by atoms with Crippen LogP contribution >= 0.6 is 0 Å². The SMILES string of the molecule is CN1CCN(c2ccc(Nc3nccc4c3cc(-c3cccc(F)c3)n4C)cc2)CC1. The summed E-state index contributed by atoms with van der Waals surface area (Å²) in [5.74, 6) is 0.558. The van der Waals surface area contributed by atoms with Gasteiger partial charge in [0.1, 0.15) is 11.6 Å². The van der Waals surface area contributed by atoms with E-state index in [1.54, 1.807) is 18.3 Å². The van der Waals surface area contributed by atoms with Crippen molar-refractivity contribution >= 4 is 28.1 Å². The highest BCUT2D eigenvalue weighted by Crippen LogP contribution is 2.32. The van der Waals surface area contributed by atoms with E-state index >= 15 is 0 Å². The molecule has 0 atom stereocenters. The molecule has 6 heteroatoms. The van der Waals surface area contributed by atoms with Gasteiger partial charge in [-0.15, -0.1) is 0 Å². The van der Waals surface area contributed by atoms with Crippen LogP contribution in [-0.4, -0.2) is 47.7 Å². The maximum atomic E-state index is 13.8. The standard InChI is InChI=1S/C25H26FN5/c1-29-12-14-31(15-13-29)21-8-6-20(7-9-21)28-25-22-17-24(18-4-3-5-19(26)16-18)30(2)23(22)10-11-27-25/h3-11,16-17H,12-15H2,1-2H3,(H,27,28). The average molecular weight is 416 g/mol. The highest BCUT2D eigenvalue weighted by molar-refractivity contribution is 5.96. The first-order valence-electron chi connectivity index (χ1n) is 10.6. The molecule has 4 aromatic rings. The number of aromatic nitrogens is 2. The Labute approximate surface area is 181 Å². The lowest BCUT2D eigenvalue weighted by Gasteiger charge is -2.34. The van der Waals surface area contributed by atoms with Gasteiger partial charge in [-0.2, -0.15) is 0 Å². The number of anilines is 3. The molecule has 1 aliphatic rings. The zero-order valence-corrected chi connectivity index (χ0v) is 17.8. The highest BCUT2D eigenvalue weighted by atomic mass is 19.1. The molecule has 31 heavy (non-hydrogen) atoms. The third-order valence-corrected chi connectivity index (χ3v) is 6.09. The van der Waals surface area contributed by atoms with Gasteiger partial charge < -0.3 is 19.7 Å². The van der Waals surface area contributed by atoms with Gasteiger partial charge in [0.15, 0.2) is 0 Å². The Morgan fingerprint density at radius 3 is 2.42 bits per heavy atom. The summed E-state index contributed by atoms with van der Waals surface area (Å²) < 4.78 is 15.8. The number of piperazine rings is 1. The topological polar surface area (TPSA) is 36.3 Å². The van der Waals surface area contributed by atoms with Gasteiger partial charge in [-0.3, -0.25) is 0 Å². The molecule has 0 unspecified atom stereocenters. The van der Waals surface area contributed by atoms with E-state index in [1.165, 1.54) is 11.8 Å². The number of halogens is 1. The van der Waals surface area contributed by atoms with Crippen LogP contribution in [0.4, 0.5) is 21.6 Å². The van der Waals surface area contributed by atoms with E-state index in [0.717, 1.165) is 59.8 Å². The average Bonchev–Trinajstić information content (AvgIpc) is 3.13. The third-order valence-electron chi connectivity index (χ3n) is 6.09. The number of aryl methyl sites for hydroxylation is 1. The van der Waals surface area contributed by atoms with Crippen molar-refractivity contribution in [2.24, 2.45) is 7.05 Å². The molecule has 2 aromatic carbocycles. The van der Waals surface area contributed by atoms with Crippen LogP contribution in [-0.2, 0) is 7.05 Å². The van der Waals surface area contributed by atoms with Crippen molar-refractivity contribution in [3.05, 3.63) is 72.7 Å². The van der Waals surface area contributed by atoms with Crippen molar-refractivity contribution < 1.29 is 4.39 Å². The molecule has 5 rings (SSSR count). The fourth-order valence-electron chi connectivity index (χ4n) is 4.24. The highest BCUT2D eigenvalue weighted by Gasteiger charge is 2.15. The molecule has 0 amide bonds. The largest absolute Gasteiger partial charge is 0.369 e. The van der Waals surface area contributed by atoms with Gasteiger partial charge >= 0.3 is 0 Å². The summed E-state index contributed by atoms with van der Waals surface area (Å²) in [5.41, 5.74) is 5.09. The van der Waals surface area contributed by atoms with Crippen molar-refractivity contribution in [2.45, 2.75) is 0 Å². The van der Waals surface area contributed by atoms with E-state index < -0.39 is 0 Å². The Balaban J connectivity index is 1.42. The van der Waals surface area contributed by atoms with Crippen LogP contribution in [0.5, 0.6) is 0 Å². The van der Waals surface area contributed by atoms with E-state index in [-0.39, 0.29) is 5.82 Å². The van der Waals surface area contributed by atoms with Crippen LogP contribution in [0, 0.1) is 5.82 Å². The molecule has 0 spiro atoms. The molecular weight excluding hydrogens is 389 g/mol. The summed E-state index contributed by atoms with van der Waals surface area (Å²) in [6.07, 6.45) is 1.80. The molecule has 0 saturated carbocycles. The lowest BCUT2D eigenvalue weighted by Crippen LogP contribution is -2.44. The lowest BCUT2D eigenvalue weighted by molar-refractivity contribution is 0.313. The minimum absolute atomic E-state index is 0.236. The maximum Gasteiger partial charge on any atom is 0.139 e. The molecule has 158 valence electrons. The molecule has 1 fully saturated rings. The monoisotopic (exact) mass is 415 g/mol. The van der Waals surface area contributed by atoms with Gasteiger partial charge in [0.2, 0.25) is 0 Å². The molecule has 1 N–H and O–H groups in total. The number of benzene rings is 2. The maximum absolute atomic E-state index is 13.8. The van der Waals surface area contributed by atoms with Crippen molar-refractivity contribution in [1.82, 2.24) is 14.5 Å². The molecular formula is C25H26FN5. The second-order valence-corrected chi connectivity index (χ2v) is 8.15. The molecule has 0 bridgehead atoms. The third kappa shape index (κ3) is 3.86. The second-order valence-electron chi connectivity index (χ2n) is 8.15. The van der Waals surface area contributed by atoms with E-state index in [0.29, 0.717) is 0 Å². The molecule has 0 radical (unpaired) electrons. The van der Waals surface area contributed by atoms with Crippen LogP contribution in [0.1, 0.15) is 0 Å². The van der Waals surface area contributed by atoms with Gasteiger partial charge in [-0.05, 0) is 55.6 Å². The van der Waals surface area contributed by atoms with Gasteiger partial charge in [0.05, 0.1) is 5.52 Å². The first-order chi connectivity index (χ1) is 15.1. The van der Waals surface area contributed by atoms with Crippen molar-refractivity contribution in [3.63, 3.8) is 0 Å². The second kappa shape index (κ2) is 8.04.